The molecule has 0 aliphatic carbocycles. The first-order chi connectivity index (χ1) is 10.5. The van der Waals surface area contributed by atoms with Crippen LogP contribution in [0.1, 0.15) is 39.0 Å². The van der Waals surface area contributed by atoms with Gasteiger partial charge in [-0.1, -0.05) is 6.42 Å². The fraction of sp³-hybridized carbons (Fsp3) is 0.933. The standard InChI is InChI=1S/C15H28N2O4S/c1-2-17(14-7-10-22(20,21)12-14)15(19)11-16-8-4-3-5-13(16)6-9-18/h13-14,18H,2-12H2,1H3. The SMILES string of the molecule is CCN(C(=O)CN1CCCCC1CCO)C1CCS(=O)(=O)C1. The monoisotopic (exact) mass is 332 g/mol. The smallest absolute Gasteiger partial charge is 0.237 e. The lowest BCUT2D eigenvalue weighted by molar-refractivity contribution is -0.135. The minimum Gasteiger partial charge on any atom is -0.396 e. The number of piperidine rings is 1. The average Bonchev–Trinajstić information content (AvgIpc) is 2.82. The zero-order chi connectivity index (χ0) is 16.2. The van der Waals surface area contributed by atoms with E-state index in [2.05, 4.69) is 4.90 Å². The first kappa shape index (κ1) is 17.7. The van der Waals surface area contributed by atoms with Gasteiger partial charge in [-0.15, -0.1) is 0 Å². The molecule has 2 fully saturated rings. The van der Waals surface area contributed by atoms with Crippen LogP contribution in [-0.4, -0.2) is 79.1 Å². The number of sulfone groups is 1. The van der Waals surface area contributed by atoms with Gasteiger partial charge in [0.25, 0.3) is 0 Å². The Hall–Kier alpha value is -0.660. The molecule has 2 rings (SSSR count). The van der Waals surface area contributed by atoms with E-state index in [4.69, 9.17) is 5.11 Å². The van der Waals surface area contributed by atoms with Gasteiger partial charge in [0.1, 0.15) is 0 Å². The second-order valence-electron chi connectivity index (χ2n) is 6.37. The quantitative estimate of drug-likeness (QED) is 0.755. The fourth-order valence-corrected chi connectivity index (χ4v) is 5.40. The van der Waals surface area contributed by atoms with Gasteiger partial charge in [-0.3, -0.25) is 9.69 Å². The lowest BCUT2D eigenvalue weighted by Gasteiger charge is -2.37. The summed E-state index contributed by atoms with van der Waals surface area (Å²) < 4.78 is 23.3. The molecular formula is C15H28N2O4S. The van der Waals surface area contributed by atoms with E-state index in [0.717, 1.165) is 25.8 Å². The number of amides is 1. The summed E-state index contributed by atoms with van der Waals surface area (Å²) in [6, 6.07) is 0.109. The Kier molecular flexibility index (Phi) is 6.23. The maximum Gasteiger partial charge on any atom is 0.237 e. The van der Waals surface area contributed by atoms with Crippen LogP contribution in [0.5, 0.6) is 0 Å². The van der Waals surface area contributed by atoms with E-state index >= 15 is 0 Å². The highest BCUT2D eigenvalue weighted by atomic mass is 32.2. The molecule has 0 bridgehead atoms. The van der Waals surface area contributed by atoms with Gasteiger partial charge in [0.05, 0.1) is 18.1 Å². The van der Waals surface area contributed by atoms with Gasteiger partial charge < -0.3 is 10.0 Å². The number of nitrogens with zero attached hydrogens (tertiary/aromatic N) is 2. The molecule has 2 atom stereocenters. The number of carbonyl (C=O) groups excluding carboxylic acids is 1. The molecule has 0 aromatic rings. The molecule has 2 heterocycles. The van der Waals surface area contributed by atoms with Crippen molar-refractivity contribution in [3.63, 3.8) is 0 Å². The predicted molar refractivity (Wildman–Crippen MR) is 85.4 cm³/mol. The van der Waals surface area contributed by atoms with Crippen LogP contribution in [-0.2, 0) is 14.6 Å². The fourth-order valence-electron chi connectivity index (χ4n) is 3.67. The van der Waals surface area contributed by atoms with Crippen molar-refractivity contribution in [1.29, 1.82) is 0 Å². The first-order valence-electron chi connectivity index (χ1n) is 8.31. The van der Waals surface area contributed by atoms with E-state index < -0.39 is 9.84 Å². The number of rotatable bonds is 6. The van der Waals surface area contributed by atoms with Crippen molar-refractivity contribution in [2.24, 2.45) is 0 Å². The second kappa shape index (κ2) is 7.75. The summed E-state index contributed by atoms with van der Waals surface area (Å²) in [6.45, 7) is 3.83. The number of aliphatic hydroxyl groups excluding tert-OH is 1. The van der Waals surface area contributed by atoms with Crippen LogP contribution in [0.25, 0.3) is 0 Å². The molecular weight excluding hydrogens is 304 g/mol. The topological polar surface area (TPSA) is 77.9 Å². The molecule has 1 amide bonds. The van der Waals surface area contributed by atoms with Gasteiger partial charge in [0.2, 0.25) is 5.91 Å². The van der Waals surface area contributed by atoms with Crippen molar-refractivity contribution >= 4 is 15.7 Å². The van der Waals surface area contributed by atoms with Crippen LogP contribution in [0, 0.1) is 0 Å². The highest BCUT2D eigenvalue weighted by Gasteiger charge is 2.35. The summed E-state index contributed by atoms with van der Waals surface area (Å²) >= 11 is 0. The largest absolute Gasteiger partial charge is 0.396 e. The summed E-state index contributed by atoms with van der Waals surface area (Å²) in [4.78, 5) is 16.5. The summed E-state index contributed by atoms with van der Waals surface area (Å²) in [7, 11) is -2.98. The Morgan fingerprint density at radius 3 is 2.68 bits per heavy atom. The molecule has 2 aliphatic rings. The van der Waals surface area contributed by atoms with Gasteiger partial charge in [-0.2, -0.15) is 0 Å². The van der Waals surface area contributed by atoms with Crippen LogP contribution < -0.4 is 0 Å². The van der Waals surface area contributed by atoms with Gasteiger partial charge >= 0.3 is 0 Å². The molecule has 7 heteroatoms. The third kappa shape index (κ3) is 4.43. The number of hydrogen-bond acceptors (Lipinski definition) is 5. The van der Waals surface area contributed by atoms with Crippen LogP contribution in [0.15, 0.2) is 0 Å². The molecule has 0 radical (unpaired) electrons. The van der Waals surface area contributed by atoms with Crippen molar-refractivity contribution < 1.29 is 18.3 Å². The van der Waals surface area contributed by atoms with Crippen molar-refractivity contribution in [3.8, 4) is 0 Å². The van der Waals surface area contributed by atoms with Crippen LogP contribution in [0.4, 0.5) is 0 Å². The predicted octanol–water partition coefficient (Wildman–Crippen LogP) is 0.259. The Labute approximate surface area is 133 Å². The summed E-state index contributed by atoms with van der Waals surface area (Å²) in [5, 5.41) is 9.17. The number of likely N-dealkylation sites (N-methyl/N-ethyl adjacent to an activating group) is 1. The zero-order valence-electron chi connectivity index (χ0n) is 13.4. The van der Waals surface area contributed by atoms with Crippen molar-refractivity contribution in [2.75, 3.05) is 37.7 Å². The Balaban J connectivity index is 1.96. The van der Waals surface area contributed by atoms with Gasteiger partial charge in [0, 0.05) is 25.2 Å². The molecule has 0 aromatic carbocycles. The van der Waals surface area contributed by atoms with E-state index in [1.54, 1.807) is 4.90 Å². The van der Waals surface area contributed by atoms with Crippen LogP contribution >= 0.6 is 0 Å². The summed E-state index contributed by atoms with van der Waals surface area (Å²) in [5.74, 6) is 0.319. The van der Waals surface area contributed by atoms with Crippen LogP contribution in [0.2, 0.25) is 0 Å². The van der Waals surface area contributed by atoms with Crippen LogP contribution in [0.3, 0.4) is 0 Å². The molecule has 2 unspecified atom stereocenters. The van der Waals surface area contributed by atoms with E-state index in [1.165, 1.54) is 0 Å². The van der Waals surface area contributed by atoms with Gasteiger partial charge in [-0.25, -0.2) is 8.42 Å². The van der Waals surface area contributed by atoms with Crippen molar-refractivity contribution in [2.45, 2.75) is 51.1 Å². The van der Waals surface area contributed by atoms with E-state index in [0.29, 0.717) is 25.9 Å². The lowest BCUT2D eigenvalue weighted by atomic mass is 9.99. The average molecular weight is 332 g/mol. The Bertz CT molecular complexity index is 478. The third-order valence-electron chi connectivity index (χ3n) is 4.86. The third-order valence-corrected chi connectivity index (χ3v) is 6.61. The van der Waals surface area contributed by atoms with Crippen molar-refractivity contribution in [3.05, 3.63) is 0 Å². The molecule has 128 valence electrons. The minimum atomic E-state index is -2.98. The number of hydrogen-bond donors (Lipinski definition) is 1. The summed E-state index contributed by atoms with van der Waals surface area (Å²) in [6.07, 6.45) is 4.52. The second-order valence-corrected chi connectivity index (χ2v) is 8.60. The van der Waals surface area contributed by atoms with E-state index in [-0.39, 0.29) is 36.1 Å². The first-order valence-corrected chi connectivity index (χ1v) is 10.1. The molecule has 1 N–H and O–H groups in total. The lowest BCUT2D eigenvalue weighted by Crippen LogP contribution is -2.50. The highest BCUT2D eigenvalue weighted by molar-refractivity contribution is 7.91. The van der Waals surface area contributed by atoms with Gasteiger partial charge in [-0.05, 0) is 39.2 Å². The molecule has 2 saturated heterocycles. The van der Waals surface area contributed by atoms with E-state index in [9.17, 15) is 13.2 Å². The molecule has 2 aliphatic heterocycles. The number of carbonyl (C=O) groups is 1. The Morgan fingerprint density at radius 1 is 1.32 bits per heavy atom. The minimum absolute atomic E-state index is 0.0226. The molecule has 0 saturated carbocycles. The van der Waals surface area contributed by atoms with E-state index in [1.807, 2.05) is 6.92 Å². The van der Waals surface area contributed by atoms with Gasteiger partial charge in [0.15, 0.2) is 9.84 Å². The highest BCUT2D eigenvalue weighted by Crippen LogP contribution is 2.21. The zero-order valence-corrected chi connectivity index (χ0v) is 14.2. The molecule has 0 spiro atoms. The number of aliphatic hydroxyl groups is 1. The molecule has 0 aromatic heterocycles. The normalized spacial score (nSPS) is 28.6. The number of likely N-dealkylation sites (tertiary alicyclic amines) is 1. The molecule has 6 nitrogen and oxygen atoms in total. The Morgan fingerprint density at radius 2 is 2.09 bits per heavy atom. The van der Waals surface area contributed by atoms with Crippen molar-refractivity contribution in [1.82, 2.24) is 9.80 Å². The maximum atomic E-state index is 12.6. The summed E-state index contributed by atoms with van der Waals surface area (Å²) in [5.41, 5.74) is 0. The maximum absolute atomic E-state index is 12.6. The molecule has 22 heavy (non-hydrogen) atoms.